The number of nitrogens with zero attached hydrogens (tertiary/aromatic N) is 2. The van der Waals surface area contributed by atoms with E-state index in [1.165, 1.54) is 37.9 Å². The maximum atomic E-state index is 4.22. The van der Waals surface area contributed by atoms with E-state index in [4.69, 9.17) is 0 Å². The summed E-state index contributed by atoms with van der Waals surface area (Å²) in [6.07, 6.45) is 8.07. The van der Waals surface area contributed by atoms with Gasteiger partial charge in [-0.05, 0) is 49.9 Å². The zero-order chi connectivity index (χ0) is 9.38. The van der Waals surface area contributed by atoms with Gasteiger partial charge < -0.3 is 0 Å². The Balaban J connectivity index is 0.000000853. The third kappa shape index (κ3) is 2.01. The van der Waals surface area contributed by atoms with Crippen molar-refractivity contribution in [2.24, 2.45) is 5.92 Å². The molecule has 3 heteroatoms. The molecular formula is C12H17ClN2. The van der Waals surface area contributed by atoms with Crippen LogP contribution in [0.2, 0.25) is 0 Å². The number of pyridine rings is 1. The fraction of sp³-hybridized carbons (Fsp3) is 0.583. The van der Waals surface area contributed by atoms with Gasteiger partial charge in [0.25, 0.3) is 0 Å². The van der Waals surface area contributed by atoms with Gasteiger partial charge in [-0.2, -0.15) is 0 Å². The van der Waals surface area contributed by atoms with Crippen LogP contribution < -0.4 is 0 Å². The van der Waals surface area contributed by atoms with Crippen LogP contribution in [0.25, 0.3) is 0 Å². The molecule has 3 aliphatic rings. The maximum Gasteiger partial charge on any atom is 0.0366 e. The number of rotatable bonds is 1. The van der Waals surface area contributed by atoms with Gasteiger partial charge in [0.05, 0.1) is 0 Å². The molecule has 1 aromatic rings. The highest BCUT2D eigenvalue weighted by molar-refractivity contribution is 5.85. The minimum atomic E-state index is 0. The topological polar surface area (TPSA) is 16.1 Å². The third-order valence-electron chi connectivity index (χ3n) is 3.72. The van der Waals surface area contributed by atoms with Gasteiger partial charge in [0.1, 0.15) is 0 Å². The molecule has 1 aromatic heterocycles. The summed E-state index contributed by atoms with van der Waals surface area (Å²) >= 11 is 0. The summed E-state index contributed by atoms with van der Waals surface area (Å²) in [5, 5.41) is 0. The predicted molar refractivity (Wildman–Crippen MR) is 63.1 cm³/mol. The standard InChI is InChI=1S/C12H16N2.ClH/c1-2-11(9-13-5-1)12-8-10-3-6-14(12)7-4-10;/h1-2,5,9-10,12H,3-4,6-8H2;1H. The molecule has 0 spiro atoms. The van der Waals surface area contributed by atoms with Gasteiger partial charge in [-0.25, -0.2) is 0 Å². The third-order valence-corrected chi connectivity index (χ3v) is 3.72. The van der Waals surface area contributed by atoms with Crippen LogP contribution in [0.5, 0.6) is 0 Å². The smallest absolute Gasteiger partial charge is 0.0366 e. The van der Waals surface area contributed by atoms with E-state index in [1.54, 1.807) is 0 Å². The summed E-state index contributed by atoms with van der Waals surface area (Å²) in [5.74, 6) is 0.977. The van der Waals surface area contributed by atoms with Crippen LogP contribution in [0.4, 0.5) is 0 Å². The van der Waals surface area contributed by atoms with Gasteiger partial charge in [-0.3, -0.25) is 9.88 Å². The van der Waals surface area contributed by atoms with Crippen LogP contribution in [0.1, 0.15) is 30.9 Å². The number of hydrogen-bond donors (Lipinski definition) is 0. The number of piperidine rings is 3. The van der Waals surface area contributed by atoms with E-state index in [9.17, 15) is 0 Å². The lowest BCUT2D eigenvalue weighted by Crippen LogP contribution is -2.43. The first kappa shape index (κ1) is 10.9. The molecule has 3 saturated heterocycles. The van der Waals surface area contributed by atoms with E-state index in [0.717, 1.165) is 5.92 Å². The monoisotopic (exact) mass is 224 g/mol. The highest BCUT2D eigenvalue weighted by Gasteiger charge is 2.34. The van der Waals surface area contributed by atoms with E-state index < -0.39 is 0 Å². The molecule has 2 nitrogen and oxygen atoms in total. The fourth-order valence-electron chi connectivity index (χ4n) is 2.89. The van der Waals surface area contributed by atoms with Gasteiger partial charge in [0, 0.05) is 18.4 Å². The second-order valence-electron chi connectivity index (χ2n) is 4.52. The Morgan fingerprint density at radius 3 is 2.60 bits per heavy atom. The fourth-order valence-corrected chi connectivity index (χ4v) is 2.89. The van der Waals surface area contributed by atoms with Crippen molar-refractivity contribution in [2.75, 3.05) is 13.1 Å². The molecule has 2 bridgehead atoms. The first-order valence-corrected chi connectivity index (χ1v) is 5.57. The largest absolute Gasteiger partial charge is 0.296 e. The minimum Gasteiger partial charge on any atom is -0.296 e. The summed E-state index contributed by atoms with van der Waals surface area (Å²) in [6, 6.07) is 4.94. The first-order chi connectivity index (χ1) is 6.93. The normalized spacial score (nSPS) is 33.5. The molecule has 1 atom stereocenters. The molecule has 0 saturated carbocycles. The molecule has 0 aliphatic carbocycles. The molecule has 1 unspecified atom stereocenters. The Hall–Kier alpha value is -0.600. The van der Waals surface area contributed by atoms with E-state index in [2.05, 4.69) is 22.0 Å². The minimum absolute atomic E-state index is 0. The second-order valence-corrected chi connectivity index (χ2v) is 4.52. The molecule has 4 rings (SSSR count). The van der Waals surface area contributed by atoms with Crippen molar-refractivity contribution in [3.8, 4) is 0 Å². The molecule has 82 valence electrons. The summed E-state index contributed by atoms with van der Waals surface area (Å²) in [7, 11) is 0. The number of halogens is 1. The highest BCUT2D eigenvalue weighted by Crippen LogP contribution is 2.39. The Bertz CT molecular complexity index is 307. The molecule has 3 aliphatic heterocycles. The van der Waals surface area contributed by atoms with Crippen molar-refractivity contribution in [1.29, 1.82) is 0 Å². The molecule has 0 amide bonds. The Labute approximate surface area is 97.1 Å². The first-order valence-electron chi connectivity index (χ1n) is 5.57. The molecule has 0 radical (unpaired) electrons. The molecular weight excluding hydrogens is 208 g/mol. The van der Waals surface area contributed by atoms with Crippen LogP contribution in [0, 0.1) is 5.92 Å². The predicted octanol–water partition coefficient (Wildman–Crippen LogP) is 2.66. The van der Waals surface area contributed by atoms with E-state index in [-0.39, 0.29) is 12.4 Å². The summed E-state index contributed by atoms with van der Waals surface area (Å²) < 4.78 is 0. The van der Waals surface area contributed by atoms with Crippen molar-refractivity contribution < 1.29 is 0 Å². The molecule has 15 heavy (non-hydrogen) atoms. The summed E-state index contributed by atoms with van der Waals surface area (Å²) in [6.45, 7) is 2.59. The maximum absolute atomic E-state index is 4.22. The SMILES string of the molecule is Cl.c1cncc(C2CC3CCN2CC3)c1. The van der Waals surface area contributed by atoms with Gasteiger partial charge in [0.2, 0.25) is 0 Å². The van der Waals surface area contributed by atoms with Gasteiger partial charge in [-0.15, -0.1) is 12.4 Å². The van der Waals surface area contributed by atoms with Gasteiger partial charge >= 0.3 is 0 Å². The van der Waals surface area contributed by atoms with Crippen molar-refractivity contribution in [3.05, 3.63) is 30.1 Å². The molecule has 0 aromatic carbocycles. The lowest BCUT2D eigenvalue weighted by atomic mass is 9.81. The van der Waals surface area contributed by atoms with Crippen LogP contribution in [0.15, 0.2) is 24.5 Å². The highest BCUT2D eigenvalue weighted by atomic mass is 35.5. The van der Waals surface area contributed by atoms with Crippen molar-refractivity contribution in [2.45, 2.75) is 25.3 Å². The van der Waals surface area contributed by atoms with Crippen molar-refractivity contribution >= 4 is 12.4 Å². The molecule has 4 heterocycles. The quantitative estimate of drug-likeness (QED) is 0.729. The van der Waals surface area contributed by atoms with Crippen LogP contribution >= 0.6 is 12.4 Å². The number of aromatic nitrogens is 1. The lowest BCUT2D eigenvalue weighted by Gasteiger charge is -2.45. The number of hydrogen-bond acceptors (Lipinski definition) is 2. The number of fused-ring (bicyclic) bond motifs is 3. The molecule has 0 N–H and O–H groups in total. The van der Waals surface area contributed by atoms with E-state index in [0.29, 0.717) is 6.04 Å². The molecule has 3 fully saturated rings. The van der Waals surface area contributed by atoms with Crippen molar-refractivity contribution in [1.82, 2.24) is 9.88 Å². The summed E-state index contributed by atoms with van der Waals surface area (Å²) in [4.78, 5) is 6.84. The summed E-state index contributed by atoms with van der Waals surface area (Å²) in [5.41, 5.74) is 1.41. The Kier molecular flexibility index (Phi) is 3.27. The average Bonchev–Trinajstić information content (AvgIpc) is 2.32. The Morgan fingerprint density at radius 1 is 1.27 bits per heavy atom. The Morgan fingerprint density at radius 2 is 2.07 bits per heavy atom. The zero-order valence-electron chi connectivity index (χ0n) is 8.80. The van der Waals surface area contributed by atoms with E-state index >= 15 is 0 Å². The van der Waals surface area contributed by atoms with Crippen LogP contribution in [-0.4, -0.2) is 23.0 Å². The van der Waals surface area contributed by atoms with Gasteiger partial charge in [0.15, 0.2) is 0 Å². The van der Waals surface area contributed by atoms with Crippen molar-refractivity contribution in [3.63, 3.8) is 0 Å². The lowest BCUT2D eigenvalue weighted by molar-refractivity contribution is 0.0489. The van der Waals surface area contributed by atoms with Crippen LogP contribution in [0.3, 0.4) is 0 Å². The second kappa shape index (κ2) is 4.50. The van der Waals surface area contributed by atoms with E-state index in [1.807, 2.05) is 12.4 Å². The zero-order valence-corrected chi connectivity index (χ0v) is 9.62. The van der Waals surface area contributed by atoms with Gasteiger partial charge in [-0.1, -0.05) is 6.07 Å². The van der Waals surface area contributed by atoms with Crippen LogP contribution in [-0.2, 0) is 0 Å². The average molecular weight is 225 g/mol.